The van der Waals surface area contributed by atoms with Gasteiger partial charge in [0.15, 0.2) is 0 Å². The molecule has 0 bridgehead atoms. The Balaban J connectivity index is 1.79. The fraction of sp³-hybridized carbons (Fsp3) is 0.353. The first-order valence-corrected chi connectivity index (χ1v) is 8.80. The summed E-state index contributed by atoms with van der Waals surface area (Å²) in [5.41, 5.74) is 2.18. The van der Waals surface area contributed by atoms with Crippen LogP contribution in [0.15, 0.2) is 40.2 Å². The van der Waals surface area contributed by atoms with Gasteiger partial charge in [-0.2, -0.15) is 0 Å². The quantitative estimate of drug-likeness (QED) is 0.641. The Morgan fingerprint density at radius 3 is 2.35 bits per heavy atom. The molecular formula is C17H17BrOS. The maximum atomic E-state index is 12.4. The van der Waals surface area contributed by atoms with Crippen LogP contribution in [0.5, 0.6) is 0 Å². The van der Waals surface area contributed by atoms with Crippen LogP contribution < -0.4 is 0 Å². The van der Waals surface area contributed by atoms with E-state index in [0.717, 1.165) is 14.9 Å². The molecule has 1 saturated carbocycles. The Kier molecular flexibility index (Phi) is 4.37. The van der Waals surface area contributed by atoms with Gasteiger partial charge < -0.3 is 0 Å². The number of halogens is 1. The summed E-state index contributed by atoms with van der Waals surface area (Å²) in [7, 11) is 0. The number of hydrogen-bond donors (Lipinski definition) is 0. The third-order valence-corrected chi connectivity index (χ3v) is 5.91. The number of carbonyl (C=O) groups is 1. The van der Waals surface area contributed by atoms with Crippen molar-refractivity contribution in [2.75, 3.05) is 0 Å². The SMILES string of the molecule is O=C(c1ccc(C2CCCCC2)cc1)c1sccc1Br. The highest BCUT2D eigenvalue weighted by Crippen LogP contribution is 2.33. The molecule has 1 heterocycles. The standard InChI is InChI=1S/C17H17BrOS/c18-15-10-11-20-17(15)16(19)14-8-6-13(7-9-14)12-4-2-1-3-5-12/h6-12H,1-5H2. The zero-order valence-electron chi connectivity index (χ0n) is 11.3. The van der Waals surface area contributed by atoms with Crippen molar-refractivity contribution >= 4 is 33.0 Å². The summed E-state index contributed by atoms with van der Waals surface area (Å²) in [5.74, 6) is 0.809. The summed E-state index contributed by atoms with van der Waals surface area (Å²) in [5, 5.41) is 1.94. The van der Waals surface area contributed by atoms with Crippen molar-refractivity contribution in [1.29, 1.82) is 0 Å². The fourth-order valence-corrected chi connectivity index (χ4v) is 4.44. The van der Waals surface area contributed by atoms with Crippen LogP contribution in [0.1, 0.15) is 58.8 Å². The molecule has 3 rings (SSSR count). The molecule has 1 aliphatic carbocycles. The van der Waals surface area contributed by atoms with E-state index in [9.17, 15) is 4.79 Å². The highest BCUT2D eigenvalue weighted by Gasteiger charge is 2.17. The van der Waals surface area contributed by atoms with E-state index in [-0.39, 0.29) is 5.78 Å². The number of ketones is 1. The second kappa shape index (κ2) is 6.23. The molecule has 0 atom stereocenters. The lowest BCUT2D eigenvalue weighted by Crippen LogP contribution is -2.05. The lowest BCUT2D eigenvalue weighted by Gasteiger charge is -2.22. The number of hydrogen-bond acceptors (Lipinski definition) is 2. The minimum absolute atomic E-state index is 0.113. The molecule has 20 heavy (non-hydrogen) atoms. The van der Waals surface area contributed by atoms with Crippen LogP contribution in [0.3, 0.4) is 0 Å². The maximum absolute atomic E-state index is 12.4. The summed E-state index contributed by atoms with van der Waals surface area (Å²) >= 11 is 4.92. The molecule has 1 aromatic carbocycles. The Morgan fingerprint density at radius 1 is 1.05 bits per heavy atom. The first-order valence-electron chi connectivity index (χ1n) is 7.13. The van der Waals surface area contributed by atoms with Crippen LogP contribution in [0.25, 0.3) is 0 Å². The molecule has 1 aliphatic rings. The zero-order chi connectivity index (χ0) is 13.9. The van der Waals surface area contributed by atoms with Crippen molar-refractivity contribution in [1.82, 2.24) is 0 Å². The van der Waals surface area contributed by atoms with Gasteiger partial charge in [-0.25, -0.2) is 0 Å². The van der Waals surface area contributed by atoms with Crippen LogP contribution in [0, 0.1) is 0 Å². The number of rotatable bonds is 3. The molecule has 0 N–H and O–H groups in total. The van der Waals surface area contributed by atoms with E-state index < -0.39 is 0 Å². The molecule has 1 nitrogen and oxygen atoms in total. The average molecular weight is 349 g/mol. The number of benzene rings is 1. The molecule has 0 aliphatic heterocycles. The molecule has 0 saturated heterocycles. The third-order valence-electron chi connectivity index (χ3n) is 4.07. The van der Waals surface area contributed by atoms with Gasteiger partial charge in [-0.1, -0.05) is 43.5 Å². The van der Waals surface area contributed by atoms with Gasteiger partial charge in [0.25, 0.3) is 0 Å². The van der Waals surface area contributed by atoms with E-state index in [2.05, 4.69) is 28.1 Å². The van der Waals surface area contributed by atoms with Crippen LogP contribution in [0.4, 0.5) is 0 Å². The molecule has 2 aromatic rings. The average Bonchev–Trinajstić information content (AvgIpc) is 2.94. The molecule has 0 spiro atoms. The molecule has 1 fully saturated rings. The molecule has 3 heteroatoms. The van der Waals surface area contributed by atoms with Crippen LogP contribution in [-0.4, -0.2) is 5.78 Å². The Morgan fingerprint density at radius 2 is 1.75 bits per heavy atom. The van der Waals surface area contributed by atoms with Crippen LogP contribution in [0.2, 0.25) is 0 Å². The minimum atomic E-state index is 0.113. The molecule has 1 aromatic heterocycles. The van der Waals surface area contributed by atoms with Crippen LogP contribution >= 0.6 is 27.3 Å². The largest absolute Gasteiger partial charge is 0.288 e. The monoisotopic (exact) mass is 348 g/mol. The minimum Gasteiger partial charge on any atom is -0.288 e. The maximum Gasteiger partial charge on any atom is 0.204 e. The van der Waals surface area contributed by atoms with Gasteiger partial charge >= 0.3 is 0 Å². The highest BCUT2D eigenvalue weighted by atomic mass is 79.9. The van der Waals surface area contributed by atoms with Crippen molar-refractivity contribution in [3.63, 3.8) is 0 Å². The second-order valence-corrected chi connectivity index (χ2v) is 7.15. The first kappa shape index (κ1) is 14.0. The van der Waals surface area contributed by atoms with E-state index in [0.29, 0.717) is 5.92 Å². The molecule has 0 amide bonds. The van der Waals surface area contributed by atoms with Gasteiger partial charge in [-0.05, 0) is 51.7 Å². The van der Waals surface area contributed by atoms with Gasteiger partial charge in [-0.15, -0.1) is 11.3 Å². The number of thiophene rings is 1. The lowest BCUT2D eigenvalue weighted by molar-refractivity contribution is 0.104. The lowest BCUT2D eigenvalue weighted by atomic mass is 9.84. The third kappa shape index (κ3) is 2.89. The highest BCUT2D eigenvalue weighted by molar-refractivity contribution is 9.10. The summed E-state index contributed by atoms with van der Waals surface area (Å²) < 4.78 is 0.892. The van der Waals surface area contributed by atoms with Crippen molar-refractivity contribution in [3.05, 3.63) is 56.2 Å². The van der Waals surface area contributed by atoms with E-state index >= 15 is 0 Å². The van der Waals surface area contributed by atoms with E-state index in [1.807, 2.05) is 23.6 Å². The zero-order valence-corrected chi connectivity index (χ0v) is 13.7. The van der Waals surface area contributed by atoms with Crippen molar-refractivity contribution < 1.29 is 4.79 Å². The van der Waals surface area contributed by atoms with Crippen molar-refractivity contribution in [3.8, 4) is 0 Å². The Labute approximate surface area is 132 Å². The summed E-state index contributed by atoms with van der Waals surface area (Å²) in [6.07, 6.45) is 6.65. The molecule has 0 radical (unpaired) electrons. The van der Waals surface area contributed by atoms with Crippen LogP contribution in [-0.2, 0) is 0 Å². The Bertz CT molecular complexity index is 594. The summed E-state index contributed by atoms with van der Waals surface area (Å²) in [6, 6.07) is 10.2. The summed E-state index contributed by atoms with van der Waals surface area (Å²) in [4.78, 5) is 13.2. The van der Waals surface area contributed by atoms with Gasteiger partial charge in [0.2, 0.25) is 5.78 Å². The first-order chi connectivity index (χ1) is 9.75. The number of carbonyl (C=O) groups excluding carboxylic acids is 1. The fourth-order valence-electron chi connectivity index (χ4n) is 2.93. The molecular weight excluding hydrogens is 332 g/mol. The summed E-state index contributed by atoms with van der Waals surface area (Å²) in [6.45, 7) is 0. The van der Waals surface area contributed by atoms with E-state index in [1.165, 1.54) is 49.0 Å². The molecule has 0 unspecified atom stereocenters. The van der Waals surface area contributed by atoms with E-state index in [4.69, 9.17) is 0 Å². The predicted octanol–water partition coefficient (Wildman–Crippen LogP) is 5.79. The van der Waals surface area contributed by atoms with Crippen molar-refractivity contribution in [2.24, 2.45) is 0 Å². The normalized spacial score (nSPS) is 16.2. The Hall–Kier alpha value is -0.930. The molecule has 104 valence electrons. The van der Waals surface area contributed by atoms with Gasteiger partial charge in [0.05, 0.1) is 4.88 Å². The van der Waals surface area contributed by atoms with Gasteiger partial charge in [0.1, 0.15) is 0 Å². The topological polar surface area (TPSA) is 17.1 Å². The van der Waals surface area contributed by atoms with Gasteiger partial charge in [0, 0.05) is 10.0 Å². The van der Waals surface area contributed by atoms with E-state index in [1.54, 1.807) is 0 Å². The smallest absolute Gasteiger partial charge is 0.204 e. The van der Waals surface area contributed by atoms with Gasteiger partial charge in [-0.3, -0.25) is 4.79 Å². The van der Waals surface area contributed by atoms with Crippen molar-refractivity contribution in [2.45, 2.75) is 38.0 Å². The second-order valence-electron chi connectivity index (χ2n) is 5.38. The predicted molar refractivity (Wildman–Crippen MR) is 87.7 cm³/mol.